The van der Waals surface area contributed by atoms with Crippen LogP contribution in [0.1, 0.15) is 28.4 Å². The lowest BCUT2D eigenvalue weighted by atomic mass is 9.99. The molecule has 0 fully saturated rings. The molecule has 0 radical (unpaired) electrons. The van der Waals surface area contributed by atoms with Crippen molar-refractivity contribution in [3.05, 3.63) is 75.8 Å². The summed E-state index contributed by atoms with van der Waals surface area (Å²) in [6.45, 7) is 4.96. The lowest BCUT2D eigenvalue weighted by Gasteiger charge is -2.15. The molecule has 0 saturated heterocycles. The van der Waals surface area contributed by atoms with E-state index in [1.807, 2.05) is 26.0 Å². The van der Waals surface area contributed by atoms with E-state index in [0.717, 1.165) is 11.1 Å². The van der Waals surface area contributed by atoms with Gasteiger partial charge in [0.1, 0.15) is 6.54 Å². The third-order valence-corrected chi connectivity index (χ3v) is 4.37. The third kappa shape index (κ3) is 3.95. The third-order valence-electron chi connectivity index (χ3n) is 4.37. The molecule has 0 aliphatic rings. The van der Waals surface area contributed by atoms with Crippen molar-refractivity contribution in [3.63, 3.8) is 0 Å². The number of para-hydroxylation sites is 1. The van der Waals surface area contributed by atoms with E-state index in [9.17, 15) is 14.4 Å². The van der Waals surface area contributed by atoms with E-state index in [4.69, 9.17) is 4.74 Å². The Kier molecular flexibility index (Phi) is 5.16. The van der Waals surface area contributed by atoms with Crippen LogP contribution in [0.15, 0.2) is 53.6 Å². The van der Waals surface area contributed by atoms with Crippen LogP contribution in [0, 0.1) is 13.8 Å². The Morgan fingerprint density at radius 3 is 2.67 bits per heavy atom. The topological polar surface area (TPSA) is 78.3 Å². The molecule has 0 amide bonds. The maximum absolute atomic E-state index is 12.6. The number of carbonyl (C=O) groups is 2. The van der Waals surface area contributed by atoms with Gasteiger partial charge in [-0.05, 0) is 44.5 Å². The van der Waals surface area contributed by atoms with Crippen LogP contribution < -0.4 is 5.56 Å². The van der Waals surface area contributed by atoms with Crippen LogP contribution in [0.2, 0.25) is 0 Å². The van der Waals surface area contributed by atoms with Crippen molar-refractivity contribution in [2.24, 2.45) is 0 Å². The minimum Gasteiger partial charge on any atom is -0.453 e. The average Bonchev–Trinajstić information content (AvgIpc) is 2.65. The number of aryl methyl sites for hydroxylation is 2. The number of rotatable bonds is 5. The first-order chi connectivity index (χ1) is 12.9. The molecule has 27 heavy (non-hydrogen) atoms. The SMILES string of the molecule is Cc1ccc(C)c(C(=O)[C@H](C)OC(=O)Cn2cnc3ccccc3c2=O)c1. The van der Waals surface area contributed by atoms with Crippen molar-refractivity contribution < 1.29 is 14.3 Å². The van der Waals surface area contributed by atoms with Gasteiger partial charge in [-0.2, -0.15) is 0 Å². The molecule has 0 unspecified atom stereocenters. The van der Waals surface area contributed by atoms with E-state index in [-0.39, 0.29) is 17.9 Å². The summed E-state index contributed by atoms with van der Waals surface area (Å²) in [5.41, 5.74) is 2.54. The van der Waals surface area contributed by atoms with Crippen molar-refractivity contribution in [1.29, 1.82) is 0 Å². The highest BCUT2D eigenvalue weighted by molar-refractivity contribution is 6.01. The molecule has 0 aliphatic carbocycles. The van der Waals surface area contributed by atoms with Gasteiger partial charge in [0.05, 0.1) is 17.2 Å². The highest BCUT2D eigenvalue weighted by Crippen LogP contribution is 2.14. The van der Waals surface area contributed by atoms with Crippen molar-refractivity contribution in [2.75, 3.05) is 0 Å². The molecule has 0 N–H and O–H groups in total. The van der Waals surface area contributed by atoms with Crippen molar-refractivity contribution >= 4 is 22.7 Å². The molecule has 0 spiro atoms. The molecular formula is C21H20N2O4. The van der Waals surface area contributed by atoms with E-state index in [2.05, 4.69) is 4.98 Å². The molecule has 1 atom stereocenters. The second kappa shape index (κ2) is 7.53. The summed E-state index contributed by atoms with van der Waals surface area (Å²) in [6, 6.07) is 12.5. The van der Waals surface area contributed by atoms with E-state index in [1.54, 1.807) is 30.3 Å². The van der Waals surface area contributed by atoms with Gasteiger partial charge in [-0.1, -0.05) is 29.8 Å². The number of benzene rings is 2. The molecule has 0 bridgehead atoms. The van der Waals surface area contributed by atoms with E-state index < -0.39 is 12.1 Å². The number of ketones is 1. The van der Waals surface area contributed by atoms with Crippen molar-refractivity contribution in [1.82, 2.24) is 9.55 Å². The van der Waals surface area contributed by atoms with Gasteiger partial charge < -0.3 is 4.74 Å². The smallest absolute Gasteiger partial charge is 0.326 e. The number of ether oxygens (including phenoxy) is 1. The number of fused-ring (bicyclic) bond motifs is 1. The summed E-state index contributed by atoms with van der Waals surface area (Å²) in [5, 5.41) is 0.423. The van der Waals surface area contributed by atoms with Crippen LogP contribution in [-0.4, -0.2) is 27.4 Å². The predicted molar refractivity (Wildman–Crippen MR) is 102 cm³/mol. The molecule has 3 rings (SSSR count). The fraction of sp³-hybridized carbons (Fsp3) is 0.238. The summed E-state index contributed by atoms with van der Waals surface area (Å²) in [5.74, 6) is -0.936. The first kappa shape index (κ1) is 18.5. The van der Waals surface area contributed by atoms with Gasteiger partial charge in [0.25, 0.3) is 5.56 Å². The summed E-state index contributed by atoms with van der Waals surface area (Å²) < 4.78 is 6.44. The molecule has 6 nitrogen and oxygen atoms in total. The molecule has 0 aliphatic heterocycles. The summed E-state index contributed by atoms with van der Waals surface area (Å²) >= 11 is 0. The number of hydrogen-bond donors (Lipinski definition) is 0. The molecule has 1 aromatic heterocycles. The fourth-order valence-corrected chi connectivity index (χ4v) is 2.87. The molecule has 0 saturated carbocycles. The van der Waals surface area contributed by atoms with E-state index in [0.29, 0.717) is 16.5 Å². The van der Waals surface area contributed by atoms with Crippen LogP contribution in [0.5, 0.6) is 0 Å². The normalized spacial score (nSPS) is 12.0. The molecule has 6 heteroatoms. The average molecular weight is 364 g/mol. The van der Waals surface area contributed by atoms with Crippen LogP contribution in [0.4, 0.5) is 0 Å². The Balaban J connectivity index is 1.74. The Labute approximate surface area is 156 Å². The minimum atomic E-state index is -0.942. The fourth-order valence-electron chi connectivity index (χ4n) is 2.87. The number of aromatic nitrogens is 2. The zero-order chi connectivity index (χ0) is 19.6. The lowest BCUT2D eigenvalue weighted by molar-refractivity contribution is -0.147. The Bertz CT molecular complexity index is 1080. The number of nitrogens with zero attached hydrogens (tertiary/aromatic N) is 2. The van der Waals surface area contributed by atoms with Gasteiger partial charge in [-0.25, -0.2) is 4.98 Å². The van der Waals surface area contributed by atoms with E-state index in [1.165, 1.54) is 17.8 Å². The highest BCUT2D eigenvalue weighted by atomic mass is 16.5. The maximum atomic E-state index is 12.6. The van der Waals surface area contributed by atoms with Crippen LogP contribution in [0.3, 0.4) is 0 Å². The highest BCUT2D eigenvalue weighted by Gasteiger charge is 2.21. The van der Waals surface area contributed by atoms with Gasteiger partial charge in [-0.3, -0.25) is 19.0 Å². The van der Waals surface area contributed by atoms with Crippen LogP contribution >= 0.6 is 0 Å². The van der Waals surface area contributed by atoms with Crippen LogP contribution in [0.25, 0.3) is 10.9 Å². The monoisotopic (exact) mass is 364 g/mol. The van der Waals surface area contributed by atoms with Gasteiger partial charge in [-0.15, -0.1) is 0 Å². The van der Waals surface area contributed by atoms with Gasteiger partial charge >= 0.3 is 5.97 Å². The molecule has 2 aromatic carbocycles. The van der Waals surface area contributed by atoms with Gasteiger partial charge in [0.15, 0.2) is 6.10 Å². The van der Waals surface area contributed by atoms with Gasteiger partial charge in [0, 0.05) is 5.56 Å². The summed E-state index contributed by atoms with van der Waals surface area (Å²) in [7, 11) is 0. The molecule has 138 valence electrons. The zero-order valence-electron chi connectivity index (χ0n) is 15.4. The predicted octanol–water partition coefficient (Wildman–Crippen LogP) is 2.83. The largest absolute Gasteiger partial charge is 0.453 e. The standard InChI is InChI=1S/C21H20N2O4/c1-13-8-9-14(2)17(10-13)20(25)15(3)27-19(24)11-23-12-22-18-7-5-4-6-16(18)21(23)26/h4-10,12,15H,11H2,1-3H3/t15-/m0/s1. The molecular weight excluding hydrogens is 344 g/mol. The summed E-state index contributed by atoms with van der Waals surface area (Å²) in [4.78, 5) is 41.4. The summed E-state index contributed by atoms with van der Waals surface area (Å²) in [6.07, 6.45) is 0.366. The van der Waals surface area contributed by atoms with Crippen molar-refractivity contribution in [3.8, 4) is 0 Å². The lowest BCUT2D eigenvalue weighted by Crippen LogP contribution is -2.30. The van der Waals surface area contributed by atoms with Gasteiger partial charge in [0.2, 0.25) is 5.78 Å². The first-order valence-electron chi connectivity index (χ1n) is 8.62. The van der Waals surface area contributed by atoms with Crippen LogP contribution in [-0.2, 0) is 16.1 Å². The number of esters is 1. The zero-order valence-corrected chi connectivity index (χ0v) is 15.4. The second-order valence-electron chi connectivity index (χ2n) is 6.51. The Morgan fingerprint density at radius 2 is 1.89 bits per heavy atom. The minimum absolute atomic E-state index is 0.270. The first-order valence-corrected chi connectivity index (χ1v) is 8.62. The Morgan fingerprint density at radius 1 is 1.15 bits per heavy atom. The number of Topliss-reactive ketones (excluding diaryl/α,β-unsaturated/α-hetero) is 1. The maximum Gasteiger partial charge on any atom is 0.326 e. The number of hydrogen-bond acceptors (Lipinski definition) is 5. The van der Waals surface area contributed by atoms with Crippen molar-refractivity contribution in [2.45, 2.75) is 33.4 Å². The van der Waals surface area contributed by atoms with E-state index >= 15 is 0 Å². The number of carbonyl (C=O) groups excluding carboxylic acids is 2. The Hall–Kier alpha value is -3.28. The second-order valence-corrected chi connectivity index (χ2v) is 6.51. The quantitative estimate of drug-likeness (QED) is 0.514. The molecule has 3 aromatic rings. The molecule has 1 heterocycles.